The summed E-state index contributed by atoms with van der Waals surface area (Å²) in [5.74, 6) is -0.137. The highest BCUT2D eigenvalue weighted by Gasteiger charge is 2.13. The van der Waals surface area contributed by atoms with Crippen LogP contribution < -0.4 is 5.32 Å². The molecule has 0 aliphatic rings. The second-order valence-corrected chi connectivity index (χ2v) is 10.8. The molecule has 3 aromatic heterocycles. The molecular weight excluding hydrogens is 538 g/mol. The Labute approximate surface area is 247 Å². The minimum Gasteiger partial charge on any atom is -0.395 e. The maximum absolute atomic E-state index is 13.0. The van der Waals surface area contributed by atoms with Gasteiger partial charge in [0.1, 0.15) is 0 Å². The molecule has 1 amide bonds. The van der Waals surface area contributed by atoms with E-state index in [1.54, 1.807) is 12.3 Å². The molecule has 8 nitrogen and oxygen atoms in total. The standard InChI is InChI=1S/C35H29N5O3/c1-38-14-12-25-18-23(2-9-31(25)38)19-34(42)24-3-7-30(8-4-24)40-33-11-6-29(21-28(33)22-36-40)37-35(43)27-5-10-32-26(20-27)13-15-39(32)16-17-41/h2-15,18,20-22,41H,16-17,19H2,1H3,(H,37,43). The number of aromatic nitrogens is 4. The number of ketones is 1. The monoisotopic (exact) mass is 567 g/mol. The van der Waals surface area contributed by atoms with Crippen LogP contribution in [0.2, 0.25) is 0 Å². The normalized spacial score (nSPS) is 11.5. The number of aliphatic hydroxyl groups excluding tert-OH is 1. The number of fused-ring (bicyclic) bond motifs is 3. The smallest absolute Gasteiger partial charge is 0.255 e. The maximum atomic E-state index is 13.0. The Morgan fingerprint density at radius 2 is 1.51 bits per heavy atom. The molecule has 0 fully saturated rings. The van der Waals surface area contributed by atoms with Gasteiger partial charge in [0.25, 0.3) is 5.91 Å². The van der Waals surface area contributed by atoms with Crippen molar-refractivity contribution in [2.45, 2.75) is 13.0 Å². The molecule has 3 heterocycles. The van der Waals surface area contributed by atoms with E-state index in [1.165, 1.54) is 0 Å². The molecule has 4 aromatic carbocycles. The van der Waals surface area contributed by atoms with Crippen LogP contribution in [0.1, 0.15) is 26.3 Å². The summed E-state index contributed by atoms with van der Waals surface area (Å²) >= 11 is 0. The molecule has 7 aromatic rings. The number of hydrogen-bond donors (Lipinski definition) is 2. The molecule has 0 bridgehead atoms. The Balaban J connectivity index is 1.05. The van der Waals surface area contributed by atoms with E-state index >= 15 is 0 Å². The Bertz CT molecular complexity index is 2150. The molecule has 212 valence electrons. The van der Waals surface area contributed by atoms with Crippen molar-refractivity contribution in [1.29, 1.82) is 0 Å². The second kappa shape index (κ2) is 10.7. The van der Waals surface area contributed by atoms with Crippen LogP contribution in [0.25, 0.3) is 38.4 Å². The predicted molar refractivity (Wildman–Crippen MR) is 169 cm³/mol. The second-order valence-electron chi connectivity index (χ2n) is 10.8. The molecule has 0 saturated carbocycles. The average Bonchev–Trinajstić information content (AvgIpc) is 3.74. The van der Waals surface area contributed by atoms with Crippen molar-refractivity contribution in [3.8, 4) is 5.69 Å². The first-order valence-electron chi connectivity index (χ1n) is 14.1. The molecule has 0 aliphatic carbocycles. The van der Waals surface area contributed by atoms with E-state index < -0.39 is 0 Å². The summed E-state index contributed by atoms with van der Waals surface area (Å²) in [6, 6.07) is 28.9. The van der Waals surface area contributed by atoms with Gasteiger partial charge in [-0.15, -0.1) is 0 Å². The van der Waals surface area contributed by atoms with Gasteiger partial charge in [-0.25, -0.2) is 4.68 Å². The minimum absolute atomic E-state index is 0.0583. The zero-order valence-electron chi connectivity index (χ0n) is 23.6. The van der Waals surface area contributed by atoms with Crippen molar-refractivity contribution in [2.75, 3.05) is 11.9 Å². The van der Waals surface area contributed by atoms with Gasteiger partial charge in [-0.2, -0.15) is 5.10 Å². The SMILES string of the molecule is Cn1ccc2cc(CC(=O)c3ccc(-n4ncc5cc(NC(=O)c6ccc7c(ccn7CCO)c6)ccc54)cc3)ccc21. The summed E-state index contributed by atoms with van der Waals surface area (Å²) < 4.78 is 5.85. The lowest BCUT2D eigenvalue weighted by atomic mass is 10.0. The quantitative estimate of drug-likeness (QED) is 0.216. The lowest BCUT2D eigenvalue weighted by Gasteiger charge is -2.08. The number of aryl methyl sites for hydroxylation is 1. The molecule has 0 unspecified atom stereocenters. The molecule has 43 heavy (non-hydrogen) atoms. The summed E-state index contributed by atoms with van der Waals surface area (Å²) in [5, 5.41) is 19.7. The summed E-state index contributed by atoms with van der Waals surface area (Å²) in [5.41, 5.74) is 6.72. The Hall–Kier alpha value is -5.47. The van der Waals surface area contributed by atoms with Crippen LogP contribution in [-0.2, 0) is 20.0 Å². The third kappa shape index (κ3) is 4.98. The van der Waals surface area contributed by atoms with E-state index in [4.69, 9.17) is 0 Å². The van der Waals surface area contributed by atoms with E-state index in [2.05, 4.69) is 33.2 Å². The first kappa shape index (κ1) is 26.4. The average molecular weight is 568 g/mol. The highest BCUT2D eigenvalue weighted by Crippen LogP contribution is 2.24. The summed E-state index contributed by atoms with van der Waals surface area (Å²) in [6.45, 7) is 0.569. The van der Waals surface area contributed by atoms with Crippen molar-refractivity contribution < 1.29 is 14.7 Å². The van der Waals surface area contributed by atoms with Crippen LogP contribution in [0.15, 0.2) is 110 Å². The number of rotatable bonds is 8. The zero-order chi connectivity index (χ0) is 29.5. The number of nitrogens with zero attached hydrogens (tertiary/aromatic N) is 4. The molecule has 0 radical (unpaired) electrons. The number of nitrogens with one attached hydrogen (secondary N) is 1. The fourth-order valence-corrected chi connectivity index (χ4v) is 5.68. The van der Waals surface area contributed by atoms with Crippen molar-refractivity contribution in [3.05, 3.63) is 126 Å². The first-order chi connectivity index (χ1) is 21.0. The minimum atomic E-state index is -0.201. The van der Waals surface area contributed by atoms with Gasteiger partial charge in [0, 0.05) is 71.0 Å². The van der Waals surface area contributed by atoms with Gasteiger partial charge in [-0.05, 0) is 95.9 Å². The van der Waals surface area contributed by atoms with E-state index in [9.17, 15) is 14.7 Å². The van der Waals surface area contributed by atoms with Gasteiger partial charge in [0.15, 0.2) is 5.78 Å². The largest absolute Gasteiger partial charge is 0.395 e. The number of carbonyl (C=O) groups excluding carboxylic acids is 2. The van der Waals surface area contributed by atoms with Crippen LogP contribution in [0, 0.1) is 0 Å². The first-order valence-corrected chi connectivity index (χ1v) is 14.1. The van der Waals surface area contributed by atoms with Crippen LogP contribution in [0.4, 0.5) is 5.69 Å². The van der Waals surface area contributed by atoms with Crippen molar-refractivity contribution >= 4 is 50.1 Å². The van der Waals surface area contributed by atoms with E-state index in [0.29, 0.717) is 29.8 Å². The maximum Gasteiger partial charge on any atom is 0.255 e. The number of amides is 1. The highest BCUT2D eigenvalue weighted by atomic mass is 16.3. The number of hydrogen-bond acceptors (Lipinski definition) is 4. The van der Waals surface area contributed by atoms with Crippen LogP contribution in [-0.4, -0.2) is 42.3 Å². The third-order valence-corrected chi connectivity index (χ3v) is 7.95. The van der Waals surface area contributed by atoms with Crippen LogP contribution >= 0.6 is 0 Å². The Kier molecular flexibility index (Phi) is 6.60. The van der Waals surface area contributed by atoms with Gasteiger partial charge in [-0.1, -0.05) is 6.07 Å². The number of benzene rings is 4. The number of carbonyl (C=O) groups is 2. The number of anilines is 1. The van der Waals surface area contributed by atoms with Gasteiger partial charge in [0.05, 0.1) is 24.0 Å². The van der Waals surface area contributed by atoms with Gasteiger partial charge in [0.2, 0.25) is 0 Å². The molecule has 8 heteroatoms. The fourth-order valence-electron chi connectivity index (χ4n) is 5.68. The predicted octanol–water partition coefficient (Wildman–Crippen LogP) is 6.14. The summed E-state index contributed by atoms with van der Waals surface area (Å²) in [6.07, 6.45) is 6.03. The zero-order valence-corrected chi connectivity index (χ0v) is 23.6. The van der Waals surface area contributed by atoms with Gasteiger partial charge >= 0.3 is 0 Å². The molecule has 0 spiro atoms. The molecule has 0 atom stereocenters. The fraction of sp³-hybridized carbons (Fsp3) is 0.114. The van der Waals surface area contributed by atoms with Crippen molar-refractivity contribution in [2.24, 2.45) is 7.05 Å². The topological polar surface area (TPSA) is 94.1 Å². The number of Topliss-reactive ketones (excluding diaryl/α,β-unsaturated/α-hetero) is 1. The van der Waals surface area contributed by atoms with E-state index in [1.807, 2.05) is 95.4 Å². The van der Waals surface area contributed by atoms with Crippen molar-refractivity contribution in [1.82, 2.24) is 18.9 Å². The molecule has 0 aliphatic heterocycles. The summed E-state index contributed by atoms with van der Waals surface area (Å²) in [4.78, 5) is 26.0. The summed E-state index contributed by atoms with van der Waals surface area (Å²) in [7, 11) is 2.01. The Morgan fingerprint density at radius 3 is 2.35 bits per heavy atom. The lowest BCUT2D eigenvalue weighted by Crippen LogP contribution is -2.11. The molecule has 0 saturated heterocycles. The van der Waals surface area contributed by atoms with Crippen LogP contribution in [0.5, 0.6) is 0 Å². The molecule has 7 rings (SSSR count). The Morgan fingerprint density at radius 1 is 0.767 bits per heavy atom. The molecule has 2 N–H and O–H groups in total. The highest BCUT2D eigenvalue weighted by molar-refractivity contribution is 6.07. The molecular formula is C35H29N5O3. The number of aliphatic hydroxyl groups is 1. The van der Waals surface area contributed by atoms with E-state index in [0.717, 1.165) is 44.0 Å². The van der Waals surface area contributed by atoms with Crippen molar-refractivity contribution in [3.63, 3.8) is 0 Å². The van der Waals surface area contributed by atoms with Gasteiger partial charge in [-0.3, -0.25) is 9.59 Å². The van der Waals surface area contributed by atoms with Crippen LogP contribution in [0.3, 0.4) is 0 Å². The van der Waals surface area contributed by atoms with Gasteiger partial charge < -0.3 is 19.6 Å². The van der Waals surface area contributed by atoms with E-state index in [-0.39, 0.29) is 18.3 Å². The lowest BCUT2D eigenvalue weighted by molar-refractivity contribution is 0.0991. The third-order valence-electron chi connectivity index (χ3n) is 7.95.